The van der Waals surface area contributed by atoms with Gasteiger partial charge in [-0.05, 0) is 6.42 Å². The fourth-order valence-electron chi connectivity index (χ4n) is 1.61. The summed E-state index contributed by atoms with van der Waals surface area (Å²) < 4.78 is 39.3. The Hall–Kier alpha value is -1.56. The zero-order valence-electron chi connectivity index (χ0n) is 9.97. The lowest BCUT2D eigenvalue weighted by Gasteiger charge is -2.16. The highest BCUT2D eigenvalue weighted by atomic mass is 19.1. The minimum absolute atomic E-state index is 0.171. The third-order valence-electron chi connectivity index (χ3n) is 2.49. The molecule has 3 N–H and O–H groups in total. The summed E-state index contributed by atoms with van der Waals surface area (Å²) in [5, 5.41) is 2.42. The van der Waals surface area contributed by atoms with E-state index in [1.54, 1.807) is 0 Å². The van der Waals surface area contributed by atoms with Crippen LogP contribution in [0.25, 0.3) is 0 Å². The van der Waals surface area contributed by atoms with Gasteiger partial charge in [-0.15, -0.1) is 0 Å². The van der Waals surface area contributed by atoms with Crippen molar-refractivity contribution < 1.29 is 18.0 Å². The zero-order chi connectivity index (χ0) is 13.7. The molecule has 1 amide bonds. The Balaban J connectivity index is 2.90. The lowest BCUT2D eigenvalue weighted by molar-refractivity contribution is 0.0927. The third kappa shape index (κ3) is 3.46. The van der Waals surface area contributed by atoms with Gasteiger partial charge in [0.25, 0.3) is 5.91 Å². The number of rotatable bonds is 5. The molecule has 0 aromatic heterocycles. The second-order valence-corrected chi connectivity index (χ2v) is 3.94. The van der Waals surface area contributed by atoms with Crippen molar-refractivity contribution in [1.29, 1.82) is 0 Å². The van der Waals surface area contributed by atoms with Crippen molar-refractivity contribution in [3.63, 3.8) is 0 Å². The van der Waals surface area contributed by atoms with E-state index >= 15 is 0 Å². The van der Waals surface area contributed by atoms with Crippen LogP contribution in [0.4, 0.5) is 13.2 Å². The highest BCUT2D eigenvalue weighted by Crippen LogP contribution is 2.15. The predicted octanol–water partition coefficient (Wildman–Crippen LogP) is 1.96. The van der Waals surface area contributed by atoms with Crippen molar-refractivity contribution >= 4 is 5.91 Å². The highest BCUT2D eigenvalue weighted by molar-refractivity contribution is 5.94. The van der Waals surface area contributed by atoms with Crippen LogP contribution in [-0.2, 0) is 0 Å². The zero-order valence-corrected chi connectivity index (χ0v) is 9.97. The Bertz CT molecular complexity index is 414. The van der Waals surface area contributed by atoms with Gasteiger partial charge in [-0.25, -0.2) is 13.2 Å². The molecule has 0 saturated carbocycles. The molecule has 0 bridgehead atoms. The molecule has 0 saturated heterocycles. The third-order valence-corrected chi connectivity index (χ3v) is 2.49. The number of carbonyl (C=O) groups is 1. The maximum absolute atomic E-state index is 13.3. The first kappa shape index (κ1) is 14.5. The SMILES string of the molecule is CCCC(CN)NC(=O)c1c(F)cc(F)cc1F. The molecule has 0 aliphatic carbocycles. The van der Waals surface area contributed by atoms with Gasteiger partial charge in [-0.1, -0.05) is 13.3 Å². The Kier molecular flexibility index (Phi) is 5.15. The smallest absolute Gasteiger partial charge is 0.257 e. The summed E-state index contributed by atoms with van der Waals surface area (Å²) in [7, 11) is 0. The van der Waals surface area contributed by atoms with Crippen molar-refractivity contribution in [2.75, 3.05) is 6.54 Å². The molecule has 0 fully saturated rings. The first-order chi connectivity index (χ1) is 8.49. The van der Waals surface area contributed by atoms with Gasteiger partial charge in [0.05, 0.1) is 0 Å². The van der Waals surface area contributed by atoms with Gasteiger partial charge in [0.2, 0.25) is 0 Å². The summed E-state index contributed by atoms with van der Waals surface area (Å²) in [6, 6.07) is 0.580. The molecule has 1 aromatic rings. The van der Waals surface area contributed by atoms with Gasteiger partial charge < -0.3 is 11.1 Å². The largest absolute Gasteiger partial charge is 0.348 e. The Morgan fingerprint density at radius 1 is 1.33 bits per heavy atom. The monoisotopic (exact) mass is 260 g/mol. The molecule has 18 heavy (non-hydrogen) atoms. The molecule has 1 atom stereocenters. The fourth-order valence-corrected chi connectivity index (χ4v) is 1.61. The van der Waals surface area contributed by atoms with Gasteiger partial charge in [0.1, 0.15) is 23.0 Å². The maximum atomic E-state index is 13.3. The average molecular weight is 260 g/mol. The quantitative estimate of drug-likeness (QED) is 0.850. The van der Waals surface area contributed by atoms with Crippen LogP contribution in [-0.4, -0.2) is 18.5 Å². The Morgan fingerprint density at radius 3 is 2.33 bits per heavy atom. The summed E-state index contributed by atoms with van der Waals surface area (Å²) >= 11 is 0. The predicted molar refractivity (Wildman–Crippen MR) is 61.5 cm³/mol. The van der Waals surface area contributed by atoms with Crippen molar-refractivity contribution in [3.8, 4) is 0 Å². The van der Waals surface area contributed by atoms with E-state index in [1.165, 1.54) is 0 Å². The first-order valence-corrected chi connectivity index (χ1v) is 5.65. The van der Waals surface area contributed by atoms with Crippen LogP contribution in [0.1, 0.15) is 30.1 Å². The van der Waals surface area contributed by atoms with E-state index in [-0.39, 0.29) is 12.6 Å². The minimum atomic E-state index is -1.22. The fraction of sp³-hybridized carbons (Fsp3) is 0.417. The van der Waals surface area contributed by atoms with Crippen molar-refractivity contribution in [3.05, 3.63) is 35.1 Å². The van der Waals surface area contributed by atoms with Gasteiger partial charge in [-0.3, -0.25) is 4.79 Å². The number of hydrogen-bond donors (Lipinski definition) is 2. The molecular formula is C12H15F3N2O. The van der Waals surface area contributed by atoms with Crippen LogP contribution in [0.3, 0.4) is 0 Å². The van der Waals surface area contributed by atoms with Crippen molar-refractivity contribution in [2.24, 2.45) is 5.73 Å². The molecule has 1 rings (SSSR count). The number of halogens is 3. The average Bonchev–Trinajstić information content (AvgIpc) is 2.26. The molecule has 100 valence electrons. The van der Waals surface area contributed by atoms with Crippen LogP contribution in [0, 0.1) is 17.5 Å². The number of benzene rings is 1. The maximum Gasteiger partial charge on any atom is 0.257 e. The summed E-state index contributed by atoms with van der Waals surface area (Å²) in [6.07, 6.45) is 1.38. The number of carbonyl (C=O) groups excluding carboxylic acids is 1. The topological polar surface area (TPSA) is 55.1 Å². The van der Waals surface area contributed by atoms with Gasteiger partial charge in [-0.2, -0.15) is 0 Å². The molecule has 0 aliphatic heterocycles. The van der Waals surface area contributed by atoms with Crippen LogP contribution in [0.2, 0.25) is 0 Å². The summed E-state index contributed by atoms with van der Waals surface area (Å²) in [5.41, 5.74) is 4.64. The number of amides is 1. The van der Waals surface area contributed by atoms with E-state index in [0.717, 1.165) is 6.42 Å². The van der Waals surface area contributed by atoms with E-state index < -0.39 is 28.9 Å². The second-order valence-electron chi connectivity index (χ2n) is 3.94. The van der Waals surface area contributed by atoms with Crippen molar-refractivity contribution in [1.82, 2.24) is 5.32 Å². The molecular weight excluding hydrogens is 245 g/mol. The standard InChI is InChI=1S/C12H15F3N2O/c1-2-3-8(6-16)17-12(18)11-9(14)4-7(13)5-10(11)15/h4-5,8H,2-3,6,16H2,1H3,(H,17,18). The number of nitrogens with two attached hydrogens (primary N) is 1. The van der Waals surface area contributed by atoms with Crippen LogP contribution >= 0.6 is 0 Å². The van der Waals surface area contributed by atoms with Crippen molar-refractivity contribution in [2.45, 2.75) is 25.8 Å². The molecule has 0 spiro atoms. The summed E-state index contributed by atoms with van der Waals surface area (Å²) in [5.74, 6) is -4.44. The minimum Gasteiger partial charge on any atom is -0.348 e. The van der Waals surface area contributed by atoms with Crippen LogP contribution in [0.15, 0.2) is 12.1 Å². The molecule has 6 heteroatoms. The lowest BCUT2D eigenvalue weighted by atomic mass is 10.1. The number of hydrogen-bond acceptors (Lipinski definition) is 2. The second kappa shape index (κ2) is 6.39. The van der Waals surface area contributed by atoms with Gasteiger partial charge in [0.15, 0.2) is 0 Å². The lowest BCUT2D eigenvalue weighted by Crippen LogP contribution is -2.40. The van der Waals surface area contributed by atoms with Gasteiger partial charge >= 0.3 is 0 Å². The highest BCUT2D eigenvalue weighted by Gasteiger charge is 2.20. The van der Waals surface area contributed by atoms with Gasteiger partial charge in [0, 0.05) is 24.7 Å². The van der Waals surface area contributed by atoms with E-state index in [9.17, 15) is 18.0 Å². The van der Waals surface area contributed by atoms with Crippen LogP contribution < -0.4 is 11.1 Å². The summed E-state index contributed by atoms with van der Waals surface area (Å²) in [4.78, 5) is 11.7. The first-order valence-electron chi connectivity index (χ1n) is 5.65. The Morgan fingerprint density at radius 2 is 1.89 bits per heavy atom. The molecule has 0 aliphatic rings. The van der Waals surface area contributed by atoms with E-state index in [4.69, 9.17) is 5.73 Å². The number of nitrogens with one attached hydrogen (secondary N) is 1. The van der Waals surface area contributed by atoms with Crippen LogP contribution in [0.5, 0.6) is 0 Å². The van der Waals surface area contributed by atoms with E-state index in [0.29, 0.717) is 18.6 Å². The normalized spacial score (nSPS) is 12.3. The Labute approximate surface area is 103 Å². The molecule has 3 nitrogen and oxygen atoms in total. The molecule has 1 aromatic carbocycles. The van der Waals surface area contributed by atoms with E-state index in [2.05, 4.69) is 5.32 Å². The summed E-state index contributed by atoms with van der Waals surface area (Å²) in [6.45, 7) is 2.07. The molecule has 0 heterocycles. The molecule has 0 radical (unpaired) electrons. The van der Waals surface area contributed by atoms with E-state index in [1.807, 2.05) is 6.92 Å². The molecule has 1 unspecified atom stereocenters.